The molecule has 1 heterocycles. The number of hydrogen-bond donors (Lipinski definition) is 2. The van der Waals surface area contributed by atoms with E-state index in [0.29, 0.717) is 22.9 Å². The van der Waals surface area contributed by atoms with Crippen molar-refractivity contribution in [2.75, 3.05) is 30.6 Å². The third kappa shape index (κ3) is 5.13. The number of carbonyl (C=O) groups excluding carboxylic acids is 2. The van der Waals surface area contributed by atoms with Crippen molar-refractivity contribution in [1.82, 2.24) is 0 Å². The number of sulfone groups is 1. The first kappa shape index (κ1) is 23.0. The van der Waals surface area contributed by atoms with Gasteiger partial charge in [-0.3, -0.25) is 9.59 Å². The van der Waals surface area contributed by atoms with Crippen molar-refractivity contribution < 1.29 is 27.5 Å². The number of carbonyl (C=O) groups is 2. The van der Waals surface area contributed by atoms with Gasteiger partial charge in [0.1, 0.15) is 11.5 Å². The molecule has 2 atom stereocenters. The van der Waals surface area contributed by atoms with Gasteiger partial charge in [0.15, 0.2) is 9.84 Å². The first-order valence-electron chi connectivity index (χ1n) is 9.52. The maximum absolute atomic E-state index is 12.9. The number of nitrogens with one attached hydrogen (secondary N) is 2. The van der Waals surface area contributed by atoms with Crippen molar-refractivity contribution in [1.29, 1.82) is 0 Å². The summed E-state index contributed by atoms with van der Waals surface area (Å²) in [5.41, 5.74) is 0.884. The molecule has 0 bridgehead atoms. The monoisotopic (exact) mass is 464 g/mol. The summed E-state index contributed by atoms with van der Waals surface area (Å²) in [6.45, 7) is 3.33. The molecule has 0 fully saturated rings. The van der Waals surface area contributed by atoms with Gasteiger partial charge in [-0.05, 0) is 37.3 Å². The zero-order chi connectivity index (χ0) is 22.8. The van der Waals surface area contributed by atoms with Crippen LogP contribution in [-0.4, -0.2) is 45.5 Å². The third-order valence-corrected chi connectivity index (χ3v) is 7.91. The Morgan fingerprint density at radius 2 is 1.94 bits per heavy atom. The van der Waals surface area contributed by atoms with E-state index in [1.807, 2.05) is 0 Å². The molecule has 2 N–H and O–H groups in total. The van der Waals surface area contributed by atoms with Crippen molar-refractivity contribution >= 4 is 44.8 Å². The van der Waals surface area contributed by atoms with E-state index in [2.05, 4.69) is 10.6 Å². The van der Waals surface area contributed by atoms with Gasteiger partial charge in [0.2, 0.25) is 11.8 Å². The zero-order valence-corrected chi connectivity index (χ0v) is 19.2. The van der Waals surface area contributed by atoms with Crippen LogP contribution in [0.3, 0.4) is 0 Å². The van der Waals surface area contributed by atoms with Gasteiger partial charge in [-0.25, -0.2) is 8.42 Å². The molecule has 0 unspecified atom stereocenters. The molecular weight excluding hydrogens is 440 g/mol. The predicted octanol–water partition coefficient (Wildman–Crippen LogP) is 3.19. The Labute approximate surface area is 185 Å². The number of amides is 2. The number of thioether (sulfide) groups is 1. The Morgan fingerprint density at radius 1 is 1.19 bits per heavy atom. The lowest BCUT2D eigenvalue weighted by Gasteiger charge is -2.22. The van der Waals surface area contributed by atoms with Crippen LogP contribution in [0.25, 0.3) is 0 Å². The summed E-state index contributed by atoms with van der Waals surface area (Å²) in [7, 11) is -0.777. The molecule has 2 amide bonds. The predicted molar refractivity (Wildman–Crippen MR) is 120 cm³/mol. The van der Waals surface area contributed by atoms with E-state index in [1.54, 1.807) is 38.1 Å². The molecule has 1 aliphatic heterocycles. The van der Waals surface area contributed by atoms with Crippen LogP contribution in [0.5, 0.6) is 11.5 Å². The lowest BCUT2D eigenvalue weighted by atomic mass is 10.2. The molecule has 0 spiro atoms. The fourth-order valence-corrected chi connectivity index (χ4v) is 5.55. The summed E-state index contributed by atoms with van der Waals surface area (Å²) < 4.78 is 36.2. The van der Waals surface area contributed by atoms with E-state index < -0.39 is 21.7 Å². The van der Waals surface area contributed by atoms with Gasteiger partial charge in [0.25, 0.3) is 0 Å². The standard InChI is InChI=1S/C21H24N2O6S2/c1-12(20(24)22-16-7-5-14(28-3)9-18(16)29-4)11-31(26,27)15-6-8-19-17(10-15)23-21(25)13(2)30-19/h5-10,12-13H,11H2,1-4H3,(H,22,24)(H,23,25)/t12-,13+/m0/s1. The number of fused-ring (bicyclic) bond motifs is 1. The maximum atomic E-state index is 12.9. The molecule has 2 aromatic rings. The van der Waals surface area contributed by atoms with E-state index in [9.17, 15) is 18.0 Å². The molecule has 1 aliphatic rings. The lowest BCUT2D eigenvalue weighted by Crippen LogP contribution is -2.28. The highest BCUT2D eigenvalue weighted by Gasteiger charge is 2.27. The van der Waals surface area contributed by atoms with Crippen molar-refractivity contribution in [3.05, 3.63) is 36.4 Å². The first-order chi connectivity index (χ1) is 14.6. The number of methoxy groups -OCH3 is 2. The minimum absolute atomic E-state index is 0.0587. The second-order valence-corrected chi connectivity index (χ2v) is 10.6. The second-order valence-electron chi connectivity index (χ2n) is 7.15. The van der Waals surface area contributed by atoms with Crippen molar-refractivity contribution in [2.45, 2.75) is 28.9 Å². The molecular formula is C21H24N2O6S2. The molecule has 8 nitrogen and oxygen atoms in total. The van der Waals surface area contributed by atoms with Crippen molar-refractivity contribution in [3.8, 4) is 11.5 Å². The molecule has 0 saturated carbocycles. The SMILES string of the molecule is COc1ccc(NC(=O)[C@@H](C)CS(=O)(=O)c2ccc3c(c2)NC(=O)[C@@H](C)S3)c(OC)c1. The quantitative estimate of drug-likeness (QED) is 0.647. The first-order valence-corrected chi connectivity index (χ1v) is 12.0. The van der Waals surface area contributed by atoms with Gasteiger partial charge in [-0.2, -0.15) is 0 Å². The van der Waals surface area contributed by atoms with Crippen LogP contribution in [-0.2, 0) is 19.4 Å². The summed E-state index contributed by atoms with van der Waals surface area (Å²) in [4.78, 5) is 25.4. The Morgan fingerprint density at radius 3 is 2.61 bits per heavy atom. The number of ether oxygens (including phenoxy) is 2. The number of anilines is 2. The largest absolute Gasteiger partial charge is 0.497 e. The summed E-state index contributed by atoms with van der Waals surface area (Å²) in [6, 6.07) is 9.54. The number of rotatable bonds is 7. The molecule has 0 aliphatic carbocycles. The molecule has 10 heteroatoms. The molecule has 2 aromatic carbocycles. The highest BCUT2D eigenvalue weighted by Crippen LogP contribution is 2.37. The smallest absolute Gasteiger partial charge is 0.237 e. The van der Waals surface area contributed by atoms with Gasteiger partial charge in [-0.15, -0.1) is 11.8 Å². The molecule has 31 heavy (non-hydrogen) atoms. The van der Waals surface area contributed by atoms with Crippen LogP contribution in [0, 0.1) is 5.92 Å². The number of hydrogen-bond acceptors (Lipinski definition) is 7. The van der Waals surface area contributed by atoms with Gasteiger partial charge < -0.3 is 20.1 Å². The van der Waals surface area contributed by atoms with Crippen LogP contribution in [0.4, 0.5) is 11.4 Å². The average molecular weight is 465 g/mol. The summed E-state index contributed by atoms with van der Waals surface area (Å²) >= 11 is 1.37. The van der Waals surface area contributed by atoms with E-state index in [-0.39, 0.29) is 21.8 Å². The maximum Gasteiger partial charge on any atom is 0.237 e. The van der Waals surface area contributed by atoms with Crippen LogP contribution < -0.4 is 20.1 Å². The minimum atomic E-state index is -3.76. The Hall–Kier alpha value is -2.72. The van der Waals surface area contributed by atoms with Gasteiger partial charge in [-0.1, -0.05) is 6.92 Å². The van der Waals surface area contributed by atoms with E-state index in [0.717, 1.165) is 4.90 Å². The summed E-state index contributed by atoms with van der Waals surface area (Å²) in [6.07, 6.45) is 0. The molecule has 3 rings (SSSR count). The molecule has 0 aromatic heterocycles. The molecule has 0 radical (unpaired) electrons. The molecule has 0 saturated heterocycles. The summed E-state index contributed by atoms with van der Waals surface area (Å²) in [5, 5.41) is 5.19. The topological polar surface area (TPSA) is 111 Å². The van der Waals surface area contributed by atoms with E-state index >= 15 is 0 Å². The second kappa shape index (κ2) is 9.19. The highest BCUT2D eigenvalue weighted by atomic mass is 32.2. The lowest BCUT2D eigenvalue weighted by molar-refractivity contribution is -0.119. The fraction of sp³-hybridized carbons (Fsp3) is 0.333. The van der Waals surface area contributed by atoms with Crippen LogP contribution >= 0.6 is 11.8 Å². The van der Waals surface area contributed by atoms with Crippen LogP contribution in [0.2, 0.25) is 0 Å². The van der Waals surface area contributed by atoms with E-state index in [4.69, 9.17) is 9.47 Å². The van der Waals surface area contributed by atoms with Crippen molar-refractivity contribution in [2.24, 2.45) is 5.92 Å². The van der Waals surface area contributed by atoms with Gasteiger partial charge in [0, 0.05) is 16.9 Å². The Bertz CT molecular complexity index is 1120. The third-order valence-electron chi connectivity index (χ3n) is 4.82. The minimum Gasteiger partial charge on any atom is -0.497 e. The Kier molecular flexibility index (Phi) is 6.80. The zero-order valence-electron chi connectivity index (χ0n) is 17.6. The van der Waals surface area contributed by atoms with Crippen molar-refractivity contribution in [3.63, 3.8) is 0 Å². The van der Waals surface area contributed by atoms with Crippen LogP contribution in [0.15, 0.2) is 46.2 Å². The Balaban J connectivity index is 1.74. The molecule has 166 valence electrons. The fourth-order valence-electron chi connectivity index (χ4n) is 3.04. The normalized spacial score (nSPS) is 16.6. The van der Waals surface area contributed by atoms with E-state index in [1.165, 1.54) is 38.1 Å². The van der Waals surface area contributed by atoms with Crippen LogP contribution in [0.1, 0.15) is 13.8 Å². The summed E-state index contributed by atoms with van der Waals surface area (Å²) in [5.74, 6) is -0.863. The average Bonchev–Trinajstić information content (AvgIpc) is 2.74. The van der Waals surface area contributed by atoms with Gasteiger partial charge >= 0.3 is 0 Å². The van der Waals surface area contributed by atoms with Gasteiger partial charge in [0.05, 0.1) is 41.5 Å². The number of benzene rings is 2. The highest BCUT2D eigenvalue weighted by molar-refractivity contribution is 8.01.